The third-order valence-electron chi connectivity index (χ3n) is 3.05. The maximum absolute atomic E-state index is 12.0. The molecule has 1 aromatic rings. The molecule has 0 unspecified atom stereocenters. The summed E-state index contributed by atoms with van der Waals surface area (Å²) in [5.74, 6) is 0.668. The smallest absolute Gasteiger partial charge is 0.239 e. The molecular weight excluding hydrogens is 276 g/mol. The maximum Gasteiger partial charge on any atom is 0.239 e. The second-order valence-corrected chi connectivity index (χ2v) is 5.25. The Labute approximate surface area is 125 Å². The summed E-state index contributed by atoms with van der Waals surface area (Å²) in [5, 5.41) is 0.633. The molecule has 1 amide bonds. The van der Waals surface area contributed by atoms with Crippen LogP contribution in [0, 0.1) is 0 Å². The Balaban J connectivity index is 2.32. The number of nitrogens with zero attached hydrogens (tertiary/aromatic N) is 1. The summed E-state index contributed by atoms with van der Waals surface area (Å²) in [7, 11) is 1.75. The van der Waals surface area contributed by atoms with Gasteiger partial charge in [-0.1, -0.05) is 37.4 Å². The molecule has 0 saturated carbocycles. The molecule has 0 aromatic heterocycles. The van der Waals surface area contributed by atoms with Crippen LogP contribution in [0.1, 0.15) is 26.2 Å². The van der Waals surface area contributed by atoms with Crippen LogP contribution in [-0.4, -0.2) is 37.0 Å². The van der Waals surface area contributed by atoms with E-state index < -0.39 is 6.04 Å². The van der Waals surface area contributed by atoms with Gasteiger partial charge in [0.15, 0.2) is 0 Å². The van der Waals surface area contributed by atoms with Crippen LogP contribution in [0.25, 0.3) is 0 Å². The zero-order valence-electron chi connectivity index (χ0n) is 12.1. The van der Waals surface area contributed by atoms with Gasteiger partial charge in [-0.2, -0.15) is 0 Å². The molecular formula is C15H23ClN2O2. The molecule has 20 heavy (non-hydrogen) atoms. The second kappa shape index (κ2) is 8.82. The van der Waals surface area contributed by atoms with Gasteiger partial charge in [-0.3, -0.25) is 4.79 Å². The van der Waals surface area contributed by atoms with E-state index >= 15 is 0 Å². The number of ether oxygens (including phenoxy) is 1. The number of unbranched alkanes of at least 4 members (excludes halogenated alkanes) is 1. The zero-order valence-corrected chi connectivity index (χ0v) is 12.9. The number of halogens is 1. The van der Waals surface area contributed by atoms with Crippen LogP contribution >= 0.6 is 11.6 Å². The van der Waals surface area contributed by atoms with Gasteiger partial charge in [-0.05, 0) is 24.6 Å². The minimum absolute atomic E-state index is 0.0341. The first-order valence-corrected chi connectivity index (χ1v) is 7.31. The second-order valence-electron chi connectivity index (χ2n) is 4.81. The number of hydrogen-bond acceptors (Lipinski definition) is 3. The lowest BCUT2D eigenvalue weighted by Gasteiger charge is -2.21. The quantitative estimate of drug-likeness (QED) is 0.803. The van der Waals surface area contributed by atoms with Crippen LogP contribution in [0.2, 0.25) is 5.02 Å². The highest BCUT2D eigenvalue weighted by molar-refractivity contribution is 6.30. The van der Waals surface area contributed by atoms with Crippen LogP contribution in [0.15, 0.2) is 24.3 Å². The molecule has 4 nitrogen and oxygen atoms in total. The minimum atomic E-state index is -0.411. The SMILES string of the molecule is CCCC[C@H](N)C(=O)N(C)CCOc1cccc(Cl)c1. The fourth-order valence-electron chi connectivity index (χ4n) is 1.80. The third-order valence-corrected chi connectivity index (χ3v) is 3.29. The van der Waals surface area contributed by atoms with Crippen molar-refractivity contribution in [2.75, 3.05) is 20.2 Å². The molecule has 0 radical (unpaired) electrons. The Morgan fingerprint density at radius 3 is 2.90 bits per heavy atom. The maximum atomic E-state index is 12.0. The molecule has 0 fully saturated rings. The number of hydrogen-bond donors (Lipinski definition) is 1. The number of carbonyl (C=O) groups is 1. The van der Waals surface area contributed by atoms with E-state index in [1.165, 1.54) is 0 Å². The summed E-state index contributed by atoms with van der Waals surface area (Å²) in [4.78, 5) is 13.6. The summed E-state index contributed by atoms with van der Waals surface area (Å²) in [6.45, 7) is 3.01. The van der Waals surface area contributed by atoms with Crippen molar-refractivity contribution in [2.24, 2.45) is 5.73 Å². The molecule has 0 bridgehead atoms. The lowest BCUT2D eigenvalue weighted by Crippen LogP contribution is -2.43. The number of likely N-dealkylation sites (N-methyl/N-ethyl adjacent to an activating group) is 1. The van der Waals surface area contributed by atoms with Crippen LogP contribution in [0.3, 0.4) is 0 Å². The van der Waals surface area contributed by atoms with E-state index in [9.17, 15) is 4.79 Å². The number of rotatable bonds is 8. The van der Waals surface area contributed by atoms with Gasteiger partial charge >= 0.3 is 0 Å². The standard InChI is InChI=1S/C15H23ClN2O2/c1-3-4-8-14(17)15(19)18(2)9-10-20-13-7-5-6-12(16)11-13/h5-7,11,14H,3-4,8-10,17H2,1-2H3/t14-/m0/s1. The lowest BCUT2D eigenvalue weighted by molar-refractivity contribution is -0.131. The first-order chi connectivity index (χ1) is 9.54. The molecule has 1 rings (SSSR count). The Morgan fingerprint density at radius 2 is 2.25 bits per heavy atom. The number of carbonyl (C=O) groups excluding carboxylic acids is 1. The topological polar surface area (TPSA) is 55.6 Å². The van der Waals surface area contributed by atoms with Crippen molar-refractivity contribution in [3.63, 3.8) is 0 Å². The van der Waals surface area contributed by atoms with E-state index in [0.717, 1.165) is 19.3 Å². The van der Waals surface area contributed by atoms with Gasteiger partial charge in [0, 0.05) is 12.1 Å². The Bertz CT molecular complexity index is 426. The molecule has 0 aliphatic carbocycles. The van der Waals surface area contributed by atoms with Gasteiger partial charge in [0.25, 0.3) is 0 Å². The molecule has 0 saturated heterocycles. The lowest BCUT2D eigenvalue weighted by atomic mass is 10.1. The van der Waals surface area contributed by atoms with Crippen molar-refractivity contribution in [1.82, 2.24) is 4.90 Å². The van der Waals surface area contributed by atoms with Gasteiger partial charge < -0.3 is 15.4 Å². The highest BCUT2D eigenvalue weighted by atomic mass is 35.5. The fraction of sp³-hybridized carbons (Fsp3) is 0.533. The minimum Gasteiger partial charge on any atom is -0.492 e. The Hall–Kier alpha value is -1.26. The largest absolute Gasteiger partial charge is 0.492 e. The monoisotopic (exact) mass is 298 g/mol. The first kappa shape index (κ1) is 16.8. The predicted octanol–water partition coefficient (Wildman–Crippen LogP) is 2.69. The van der Waals surface area contributed by atoms with E-state index in [1.54, 1.807) is 24.1 Å². The molecule has 0 spiro atoms. The van der Waals surface area contributed by atoms with Crippen molar-refractivity contribution >= 4 is 17.5 Å². The number of amides is 1. The third kappa shape index (κ3) is 5.80. The van der Waals surface area contributed by atoms with Crippen molar-refractivity contribution in [2.45, 2.75) is 32.2 Å². The van der Waals surface area contributed by atoms with Crippen LogP contribution < -0.4 is 10.5 Å². The highest BCUT2D eigenvalue weighted by Crippen LogP contribution is 2.16. The predicted molar refractivity (Wildman–Crippen MR) is 82.1 cm³/mol. The van der Waals surface area contributed by atoms with Crippen molar-refractivity contribution in [1.29, 1.82) is 0 Å². The van der Waals surface area contributed by atoms with Crippen molar-refractivity contribution in [3.05, 3.63) is 29.3 Å². The summed E-state index contributed by atoms with van der Waals surface area (Å²) < 4.78 is 5.55. The molecule has 1 atom stereocenters. The molecule has 112 valence electrons. The van der Waals surface area contributed by atoms with E-state index in [0.29, 0.717) is 23.9 Å². The Morgan fingerprint density at radius 1 is 1.50 bits per heavy atom. The fourth-order valence-corrected chi connectivity index (χ4v) is 1.98. The van der Waals surface area contributed by atoms with Crippen LogP contribution in [0.4, 0.5) is 0 Å². The van der Waals surface area contributed by atoms with E-state index in [-0.39, 0.29) is 5.91 Å². The van der Waals surface area contributed by atoms with Gasteiger partial charge in [0.2, 0.25) is 5.91 Å². The Kier molecular flexibility index (Phi) is 7.41. The van der Waals surface area contributed by atoms with Crippen LogP contribution in [-0.2, 0) is 4.79 Å². The van der Waals surface area contributed by atoms with Gasteiger partial charge in [0.1, 0.15) is 12.4 Å². The van der Waals surface area contributed by atoms with E-state index in [4.69, 9.17) is 22.1 Å². The summed E-state index contributed by atoms with van der Waals surface area (Å²) in [6.07, 6.45) is 2.75. The van der Waals surface area contributed by atoms with Crippen LogP contribution in [0.5, 0.6) is 5.75 Å². The van der Waals surface area contributed by atoms with E-state index in [1.807, 2.05) is 12.1 Å². The molecule has 1 aromatic carbocycles. The average Bonchev–Trinajstić information content (AvgIpc) is 2.43. The molecule has 0 aliphatic rings. The highest BCUT2D eigenvalue weighted by Gasteiger charge is 2.17. The van der Waals surface area contributed by atoms with Gasteiger partial charge in [-0.25, -0.2) is 0 Å². The van der Waals surface area contributed by atoms with E-state index in [2.05, 4.69) is 6.92 Å². The number of nitrogens with two attached hydrogens (primary N) is 1. The normalized spacial score (nSPS) is 12.0. The molecule has 0 aliphatic heterocycles. The number of benzene rings is 1. The molecule has 2 N–H and O–H groups in total. The average molecular weight is 299 g/mol. The summed E-state index contributed by atoms with van der Waals surface area (Å²) in [5.41, 5.74) is 5.86. The zero-order chi connectivity index (χ0) is 15.0. The van der Waals surface area contributed by atoms with Crippen molar-refractivity contribution in [3.8, 4) is 5.75 Å². The molecule has 5 heteroatoms. The van der Waals surface area contributed by atoms with Gasteiger partial charge in [-0.15, -0.1) is 0 Å². The summed E-state index contributed by atoms with van der Waals surface area (Å²) >= 11 is 5.87. The molecule has 0 heterocycles. The first-order valence-electron chi connectivity index (χ1n) is 6.93. The van der Waals surface area contributed by atoms with Gasteiger partial charge in [0.05, 0.1) is 12.6 Å². The summed E-state index contributed by atoms with van der Waals surface area (Å²) in [6, 6.07) is 6.78. The van der Waals surface area contributed by atoms with Crippen molar-refractivity contribution < 1.29 is 9.53 Å².